The van der Waals surface area contributed by atoms with Gasteiger partial charge in [0.1, 0.15) is 5.60 Å². The van der Waals surface area contributed by atoms with Crippen LogP contribution < -0.4 is 10.6 Å². The van der Waals surface area contributed by atoms with Gasteiger partial charge in [-0.25, -0.2) is 4.79 Å². The lowest BCUT2D eigenvalue weighted by molar-refractivity contribution is -0.126. The first-order chi connectivity index (χ1) is 13.0. The highest BCUT2D eigenvalue weighted by molar-refractivity contribution is 5.78. The van der Waals surface area contributed by atoms with Crippen LogP contribution >= 0.6 is 0 Å². The van der Waals surface area contributed by atoms with Gasteiger partial charge in [0, 0.05) is 13.0 Å². The molecule has 0 saturated heterocycles. The molecule has 0 heterocycles. The quantitative estimate of drug-likeness (QED) is 0.547. The van der Waals surface area contributed by atoms with Gasteiger partial charge < -0.3 is 20.5 Å². The first-order valence-electron chi connectivity index (χ1n) is 10.9. The molecule has 0 aromatic rings. The number of carbonyl (C=O) groups excluding carboxylic acids is 2. The van der Waals surface area contributed by atoms with Crippen LogP contribution in [0.3, 0.4) is 0 Å². The second kappa shape index (κ2) is 11.6. The summed E-state index contributed by atoms with van der Waals surface area (Å²) < 4.78 is 5.41. The molecule has 28 heavy (non-hydrogen) atoms. The summed E-state index contributed by atoms with van der Waals surface area (Å²) in [6.45, 7) is 9.61. The lowest BCUT2D eigenvalue weighted by Gasteiger charge is -2.32. The molecule has 3 atom stereocenters. The Bertz CT molecular complexity index is 481. The molecule has 3 unspecified atom stereocenters. The van der Waals surface area contributed by atoms with E-state index in [-0.39, 0.29) is 11.8 Å². The number of nitrogens with one attached hydrogen (secondary N) is 2. The third-order valence-electron chi connectivity index (χ3n) is 5.38. The minimum Gasteiger partial charge on any atom is -0.444 e. The van der Waals surface area contributed by atoms with E-state index >= 15 is 0 Å². The maximum absolute atomic E-state index is 12.3. The normalized spacial score (nSPS) is 19.0. The van der Waals surface area contributed by atoms with Gasteiger partial charge in [-0.3, -0.25) is 4.79 Å². The molecule has 6 heteroatoms. The van der Waals surface area contributed by atoms with Crippen molar-refractivity contribution in [3.05, 3.63) is 0 Å². The van der Waals surface area contributed by atoms with Gasteiger partial charge in [0.25, 0.3) is 0 Å². The van der Waals surface area contributed by atoms with E-state index in [2.05, 4.69) is 24.5 Å². The third kappa shape index (κ3) is 9.76. The van der Waals surface area contributed by atoms with Crippen LogP contribution in [0.15, 0.2) is 0 Å². The molecular formula is C22H42N2O4. The Hall–Kier alpha value is -1.30. The molecule has 1 rings (SSSR count). The highest BCUT2D eigenvalue weighted by Crippen LogP contribution is 2.29. The highest BCUT2D eigenvalue weighted by Gasteiger charge is 2.31. The summed E-state index contributed by atoms with van der Waals surface area (Å²) in [5, 5.41) is 16.6. The largest absolute Gasteiger partial charge is 0.444 e. The highest BCUT2D eigenvalue weighted by atomic mass is 16.6. The summed E-state index contributed by atoms with van der Waals surface area (Å²) in [6, 6.07) is -0.405. The van der Waals surface area contributed by atoms with E-state index in [1.807, 2.05) is 20.8 Å². The van der Waals surface area contributed by atoms with Crippen molar-refractivity contribution in [2.75, 3.05) is 7.05 Å². The molecule has 1 aliphatic rings. The summed E-state index contributed by atoms with van der Waals surface area (Å²) in [4.78, 5) is 24.6. The lowest BCUT2D eigenvalue weighted by atomic mass is 9.81. The zero-order valence-electron chi connectivity index (χ0n) is 18.7. The molecule has 1 aliphatic carbocycles. The van der Waals surface area contributed by atoms with Gasteiger partial charge in [0.15, 0.2) is 0 Å². The van der Waals surface area contributed by atoms with Gasteiger partial charge in [0.05, 0.1) is 12.1 Å². The SMILES string of the molecule is CNC(=O)C(CC(C)C)CC(O)C(CC1CCCCC1)NC(=O)OC(C)(C)C. The smallest absolute Gasteiger partial charge is 0.407 e. The summed E-state index contributed by atoms with van der Waals surface area (Å²) >= 11 is 0. The van der Waals surface area contributed by atoms with Crippen molar-refractivity contribution in [3.63, 3.8) is 0 Å². The van der Waals surface area contributed by atoms with E-state index < -0.39 is 23.8 Å². The molecular weight excluding hydrogens is 356 g/mol. The first kappa shape index (κ1) is 24.7. The van der Waals surface area contributed by atoms with Crippen molar-refractivity contribution in [2.45, 2.75) is 104 Å². The average Bonchev–Trinajstić information content (AvgIpc) is 2.58. The molecule has 1 saturated carbocycles. The Morgan fingerprint density at radius 2 is 1.71 bits per heavy atom. The van der Waals surface area contributed by atoms with Gasteiger partial charge in [-0.05, 0) is 51.9 Å². The number of aliphatic hydroxyl groups excluding tert-OH is 1. The van der Waals surface area contributed by atoms with E-state index in [0.717, 1.165) is 19.3 Å². The van der Waals surface area contributed by atoms with Crippen molar-refractivity contribution in [3.8, 4) is 0 Å². The number of amides is 2. The number of alkyl carbamates (subject to hydrolysis) is 1. The number of rotatable bonds is 9. The average molecular weight is 399 g/mol. The molecule has 2 amide bonds. The summed E-state index contributed by atoms with van der Waals surface area (Å²) in [6.07, 6.45) is 6.41. The zero-order chi connectivity index (χ0) is 21.3. The fourth-order valence-corrected chi connectivity index (χ4v) is 4.09. The predicted octanol–water partition coefficient (Wildman–Crippen LogP) is 4.01. The maximum atomic E-state index is 12.3. The number of ether oxygens (including phenoxy) is 1. The second-order valence-electron chi connectivity index (χ2n) is 9.74. The van der Waals surface area contributed by atoms with E-state index in [4.69, 9.17) is 4.74 Å². The summed E-state index contributed by atoms with van der Waals surface area (Å²) in [5.41, 5.74) is -0.591. The monoisotopic (exact) mass is 398 g/mol. The summed E-state index contributed by atoms with van der Waals surface area (Å²) in [7, 11) is 1.63. The topological polar surface area (TPSA) is 87.7 Å². The maximum Gasteiger partial charge on any atom is 0.407 e. The first-order valence-corrected chi connectivity index (χ1v) is 10.9. The van der Waals surface area contributed by atoms with E-state index in [9.17, 15) is 14.7 Å². The fraction of sp³-hybridized carbons (Fsp3) is 0.909. The molecule has 0 radical (unpaired) electrons. The number of carbonyl (C=O) groups is 2. The Morgan fingerprint density at radius 3 is 2.21 bits per heavy atom. The molecule has 6 nitrogen and oxygen atoms in total. The second-order valence-corrected chi connectivity index (χ2v) is 9.74. The molecule has 164 valence electrons. The minimum absolute atomic E-state index is 0.0542. The summed E-state index contributed by atoms with van der Waals surface area (Å²) in [5.74, 6) is 0.521. The number of aliphatic hydroxyl groups is 1. The van der Waals surface area contributed by atoms with Crippen LogP contribution in [-0.4, -0.2) is 41.9 Å². The predicted molar refractivity (Wildman–Crippen MR) is 112 cm³/mol. The van der Waals surface area contributed by atoms with Crippen LogP contribution in [0.1, 0.15) is 86.0 Å². The van der Waals surface area contributed by atoms with Crippen LogP contribution in [0, 0.1) is 17.8 Å². The van der Waals surface area contributed by atoms with Crippen molar-refractivity contribution >= 4 is 12.0 Å². The van der Waals surface area contributed by atoms with Gasteiger partial charge in [-0.15, -0.1) is 0 Å². The van der Waals surface area contributed by atoms with E-state index in [0.29, 0.717) is 24.7 Å². The van der Waals surface area contributed by atoms with Crippen LogP contribution in [0.5, 0.6) is 0 Å². The van der Waals surface area contributed by atoms with Crippen LogP contribution in [0.4, 0.5) is 4.79 Å². The van der Waals surface area contributed by atoms with Gasteiger partial charge in [0.2, 0.25) is 5.91 Å². The van der Waals surface area contributed by atoms with Crippen molar-refractivity contribution in [2.24, 2.45) is 17.8 Å². The molecule has 0 aromatic carbocycles. The zero-order valence-corrected chi connectivity index (χ0v) is 18.7. The molecule has 0 aromatic heterocycles. The van der Waals surface area contributed by atoms with E-state index in [1.165, 1.54) is 19.3 Å². The molecule has 0 spiro atoms. The van der Waals surface area contributed by atoms with Crippen LogP contribution in [0.2, 0.25) is 0 Å². The fourth-order valence-electron chi connectivity index (χ4n) is 4.09. The standard InChI is InChI=1S/C22H42N2O4/c1-15(2)12-17(20(26)23-6)14-19(25)18(13-16-10-8-7-9-11-16)24-21(27)28-22(3,4)5/h15-19,25H,7-14H2,1-6H3,(H,23,26)(H,24,27). The Balaban J connectivity index is 2.83. The van der Waals surface area contributed by atoms with E-state index in [1.54, 1.807) is 7.05 Å². The van der Waals surface area contributed by atoms with Crippen molar-refractivity contribution < 1.29 is 19.4 Å². The molecule has 0 aliphatic heterocycles. The van der Waals surface area contributed by atoms with Gasteiger partial charge in [-0.1, -0.05) is 46.0 Å². The number of hydrogen-bond acceptors (Lipinski definition) is 4. The Morgan fingerprint density at radius 1 is 1.11 bits per heavy atom. The van der Waals surface area contributed by atoms with Crippen molar-refractivity contribution in [1.29, 1.82) is 0 Å². The molecule has 0 bridgehead atoms. The van der Waals surface area contributed by atoms with Crippen LogP contribution in [0.25, 0.3) is 0 Å². The third-order valence-corrected chi connectivity index (χ3v) is 5.38. The Labute approximate surface area is 171 Å². The minimum atomic E-state index is -0.782. The molecule has 3 N–H and O–H groups in total. The van der Waals surface area contributed by atoms with Crippen molar-refractivity contribution in [1.82, 2.24) is 10.6 Å². The number of hydrogen-bond donors (Lipinski definition) is 3. The van der Waals surface area contributed by atoms with Gasteiger partial charge in [-0.2, -0.15) is 0 Å². The molecule has 1 fully saturated rings. The Kier molecular flexibility index (Phi) is 10.3. The van der Waals surface area contributed by atoms with Gasteiger partial charge >= 0.3 is 6.09 Å². The van der Waals surface area contributed by atoms with Crippen LogP contribution in [-0.2, 0) is 9.53 Å². The lowest BCUT2D eigenvalue weighted by Crippen LogP contribution is -2.48.